The van der Waals surface area contributed by atoms with Crippen molar-refractivity contribution in [1.29, 1.82) is 0 Å². The largest absolute Gasteiger partial charge is 0.463 e. The Bertz CT molecular complexity index is 443. The van der Waals surface area contributed by atoms with Gasteiger partial charge in [0.05, 0.1) is 6.61 Å². The van der Waals surface area contributed by atoms with Gasteiger partial charge >= 0.3 is 6.01 Å². The highest BCUT2D eigenvalue weighted by Gasteiger charge is 2.27. The van der Waals surface area contributed by atoms with Gasteiger partial charge in [0.2, 0.25) is 11.2 Å². The van der Waals surface area contributed by atoms with Gasteiger partial charge in [-0.2, -0.15) is 15.0 Å². The quantitative estimate of drug-likeness (QED) is 0.901. The third kappa shape index (κ3) is 3.95. The average Bonchev–Trinajstić information content (AvgIpc) is 2.41. The van der Waals surface area contributed by atoms with Crippen LogP contribution in [0.4, 0.5) is 5.95 Å². The Hall–Kier alpha value is -1.10. The number of anilines is 1. The fourth-order valence-electron chi connectivity index (χ4n) is 2.61. The minimum absolute atomic E-state index is 0.171. The molecule has 1 aromatic rings. The van der Waals surface area contributed by atoms with E-state index < -0.39 is 0 Å². The molecule has 1 aliphatic rings. The number of hydrogen-bond donors (Lipinski definition) is 1. The van der Waals surface area contributed by atoms with Gasteiger partial charge in [-0.15, -0.1) is 0 Å². The van der Waals surface area contributed by atoms with Gasteiger partial charge in [-0.1, -0.05) is 33.6 Å². The molecule has 1 heterocycles. The number of halogens is 1. The van der Waals surface area contributed by atoms with Crippen molar-refractivity contribution >= 4 is 17.5 Å². The van der Waals surface area contributed by atoms with Crippen molar-refractivity contribution in [2.45, 2.75) is 52.5 Å². The molecular weight excluding hydrogens is 276 g/mol. The van der Waals surface area contributed by atoms with Crippen molar-refractivity contribution in [2.75, 3.05) is 11.9 Å². The second-order valence-electron chi connectivity index (χ2n) is 5.58. The SMILES string of the molecule is CCCOc1nc(Cl)nc(NC2CCCC(C)C2C)n1. The van der Waals surface area contributed by atoms with Crippen LogP contribution >= 0.6 is 11.6 Å². The molecular formula is C14H23ClN4O. The summed E-state index contributed by atoms with van der Waals surface area (Å²) in [5.74, 6) is 1.83. The molecule has 1 aromatic heterocycles. The molecule has 1 fully saturated rings. The lowest BCUT2D eigenvalue weighted by atomic mass is 9.78. The number of nitrogens with zero attached hydrogens (tertiary/aromatic N) is 3. The van der Waals surface area contributed by atoms with Crippen molar-refractivity contribution < 1.29 is 4.74 Å². The zero-order valence-electron chi connectivity index (χ0n) is 12.4. The smallest absolute Gasteiger partial charge is 0.322 e. The number of nitrogens with one attached hydrogen (secondary N) is 1. The van der Waals surface area contributed by atoms with Gasteiger partial charge in [0.25, 0.3) is 0 Å². The zero-order valence-corrected chi connectivity index (χ0v) is 13.2. The minimum atomic E-state index is 0.171. The predicted molar refractivity (Wildman–Crippen MR) is 80.2 cm³/mol. The van der Waals surface area contributed by atoms with E-state index in [1.165, 1.54) is 12.8 Å². The molecule has 0 bridgehead atoms. The summed E-state index contributed by atoms with van der Waals surface area (Å²) in [4.78, 5) is 12.4. The molecule has 0 aliphatic heterocycles. The summed E-state index contributed by atoms with van der Waals surface area (Å²) in [6, 6.07) is 0.683. The van der Waals surface area contributed by atoms with Crippen molar-refractivity contribution in [1.82, 2.24) is 15.0 Å². The van der Waals surface area contributed by atoms with Crippen LogP contribution in [0.25, 0.3) is 0 Å². The summed E-state index contributed by atoms with van der Waals surface area (Å²) >= 11 is 5.93. The van der Waals surface area contributed by atoms with Crippen LogP contribution in [0, 0.1) is 11.8 Å². The zero-order chi connectivity index (χ0) is 14.5. The van der Waals surface area contributed by atoms with Gasteiger partial charge in [-0.25, -0.2) is 0 Å². The molecule has 1 saturated carbocycles. The molecule has 112 valence electrons. The van der Waals surface area contributed by atoms with E-state index in [1.807, 2.05) is 6.92 Å². The van der Waals surface area contributed by atoms with Crippen LogP contribution in [-0.4, -0.2) is 27.6 Å². The summed E-state index contributed by atoms with van der Waals surface area (Å²) in [6.07, 6.45) is 4.58. The highest BCUT2D eigenvalue weighted by atomic mass is 35.5. The second-order valence-corrected chi connectivity index (χ2v) is 5.92. The van der Waals surface area contributed by atoms with Gasteiger partial charge < -0.3 is 10.1 Å². The third-order valence-corrected chi connectivity index (χ3v) is 4.21. The summed E-state index contributed by atoms with van der Waals surface area (Å²) in [5, 5.41) is 3.56. The third-order valence-electron chi connectivity index (χ3n) is 4.04. The lowest BCUT2D eigenvalue weighted by Crippen LogP contribution is -2.35. The van der Waals surface area contributed by atoms with Crippen LogP contribution in [0.2, 0.25) is 5.28 Å². The van der Waals surface area contributed by atoms with Crippen molar-refractivity contribution in [2.24, 2.45) is 11.8 Å². The predicted octanol–water partition coefficient (Wildman–Crippen LogP) is 3.55. The van der Waals surface area contributed by atoms with E-state index in [0.717, 1.165) is 18.8 Å². The molecule has 2 rings (SSSR count). The Morgan fingerprint density at radius 2 is 2.05 bits per heavy atom. The maximum absolute atomic E-state index is 5.93. The molecule has 0 amide bonds. The average molecular weight is 299 g/mol. The first-order chi connectivity index (χ1) is 9.60. The standard InChI is InChI=1S/C14H23ClN4O/c1-4-8-20-14-18-12(15)17-13(19-14)16-11-7-5-6-9(2)10(11)3/h9-11H,4-8H2,1-3H3,(H,16,17,18,19). The molecule has 0 saturated heterocycles. The van der Waals surface area contributed by atoms with E-state index in [4.69, 9.17) is 16.3 Å². The van der Waals surface area contributed by atoms with Crippen molar-refractivity contribution in [3.8, 4) is 6.01 Å². The maximum atomic E-state index is 5.93. The number of rotatable bonds is 5. The number of aromatic nitrogens is 3. The number of ether oxygens (including phenoxy) is 1. The van der Waals surface area contributed by atoms with Gasteiger partial charge in [0, 0.05) is 6.04 Å². The topological polar surface area (TPSA) is 59.9 Å². The lowest BCUT2D eigenvalue weighted by Gasteiger charge is -2.34. The lowest BCUT2D eigenvalue weighted by molar-refractivity contribution is 0.251. The first-order valence-electron chi connectivity index (χ1n) is 7.41. The van der Waals surface area contributed by atoms with Crippen LogP contribution in [0.5, 0.6) is 6.01 Å². The van der Waals surface area contributed by atoms with Gasteiger partial charge in [-0.3, -0.25) is 0 Å². The van der Waals surface area contributed by atoms with Crippen LogP contribution in [0.1, 0.15) is 46.5 Å². The van der Waals surface area contributed by atoms with Crippen molar-refractivity contribution in [3.63, 3.8) is 0 Å². The summed E-state index contributed by atoms with van der Waals surface area (Å²) in [6.45, 7) is 7.19. The van der Waals surface area contributed by atoms with Gasteiger partial charge in [0.1, 0.15) is 0 Å². The Balaban J connectivity index is 2.06. The first kappa shape index (κ1) is 15.3. The van der Waals surface area contributed by atoms with Crippen LogP contribution < -0.4 is 10.1 Å². The summed E-state index contributed by atoms with van der Waals surface area (Å²) in [5.41, 5.74) is 0. The highest BCUT2D eigenvalue weighted by molar-refractivity contribution is 6.28. The molecule has 0 radical (unpaired) electrons. The van der Waals surface area contributed by atoms with Crippen LogP contribution in [-0.2, 0) is 0 Å². The molecule has 1 N–H and O–H groups in total. The van der Waals surface area contributed by atoms with Gasteiger partial charge in [-0.05, 0) is 36.3 Å². The minimum Gasteiger partial charge on any atom is -0.463 e. The molecule has 0 aromatic carbocycles. The monoisotopic (exact) mass is 298 g/mol. The van der Waals surface area contributed by atoms with E-state index in [1.54, 1.807) is 0 Å². The van der Waals surface area contributed by atoms with E-state index >= 15 is 0 Å². The van der Waals surface area contributed by atoms with E-state index in [0.29, 0.717) is 30.5 Å². The van der Waals surface area contributed by atoms with E-state index in [2.05, 4.69) is 34.1 Å². The Kier molecular flexibility index (Phi) is 5.40. The molecule has 3 unspecified atom stereocenters. The molecule has 20 heavy (non-hydrogen) atoms. The van der Waals surface area contributed by atoms with E-state index in [9.17, 15) is 0 Å². The molecule has 0 spiro atoms. The fraction of sp³-hybridized carbons (Fsp3) is 0.786. The summed E-state index contributed by atoms with van der Waals surface area (Å²) < 4.78 is 5.43. The molecule has 1 aliphatic carbocycles. The second kappa shape index (κ2) is 7.07. The van der Waals surface area contributed by atoms with Crippen LogP contribution in [0.15, 0.2) is 0 Å². The summed E-state index contributed by atoms with van der Waals surface area (Å²) in [7, 11) is 0. The Morgan fingerprint density at radius 3 is 2.80 bits per heavy atom. The normalized spacial score (nSPS) is 26.3. The van der Waals surface area contributed by atoms with E-state index in [-0.39, 0.29) is 5.28 Å². The Labute approximate surface area is 125 Å². The van der Waals surface area contributed by atoms with Gasteiger partial charge in [0.15, 0.2) is 0 Å². The molecule has 6 heteroatoms. The number of hydrogen-bond acceptors (Lipinski definition) is 5. The highest BCUT2D eigenvalue weighted by Crippen LogP contribution is 2.31. The van der Waals surface area contributed by atoms with Crippen molar-refractivity contribution in [3.05, 3.63) is 5.28 Å². The molecule has 3 atom stereocenters. The molecule has 5 nitrogen and oxygen atoms in total. The van der Waals surface area contributed by atoms with Crippen LogP contribution in [0.3, 0.4) is 0 Å². The Morgan fingerprint density at radius 1 is 1.25 bits per heavy atom. The fourth-order valence-corrected chi connectivity index (χ4v) is 2.76. The first-order valence-corrected chi connectivity index (χ1v) is 7.79. The maximum Gasteiger partial charge on any atom is 0.322 e.